The summed E-state index contributed by atoms with van der Waals surface area (Å²) in [4.78, 5) is 11.9. The summed E-state index contributed by atoms with van der Waals surface area (Å²) in [5.74, 6) is -0.225. The van der Waals surface area contributed by atoms with Crippen LogP contribution in [0.15, 0.2) is 0 Å². The van der Waals surface area contributed by atoms with Crippen LogP contribution in [0, 0.1) is 0 Å². The average Bonchev–Trinajstić information content (AvgIpc) is 2.89. The van der Waals surface area contributed by atoms with Gasteiger partial charge in [0.25, 0.3) is 0 Å². The van der Waals surface area contributed by atoms with Gasteiger partial charge in [-0.15, -0.1) is 0 Å². The minimum Gasteiger partial charge on any atom is -0.436 e. The smallest absolute Gasteiger partial charge is 0.308 e. The lowest BCUT2D eigenvalue weighted by atomic mass is 10.0. The molecule has 0 aromatic rings. The van der Waals surface area contributed by atoms with Gasteiger partial charge in [-0.05, 0) is 12.8 Å². The van der Waals surface area contributed by atoms with E-state index in [0.29, 0.717) is 12.8 Å². The molecule has 0 fully saturated rings. The Morgan fingerprint density at radius 3 is 1.05 bits per heavy atom. The van der Waals surface area contributed by atoms with Crippen molar-refractivity contribution in [3.8, 4) is 0 Å². The van der Waals surface area contributed by atoms with Gasteiger partial charge >= 0.3 is 5.97 Å². The highest BCUT2D eigenvalue weighted by Crippen LogP contribution is 2.16. The van der Waals surface area contributed by atoms with E-state index in [9.17, 15) is 9.90 Å². The van der Waals surface area contributed by atoms with Crippen molar-refractivity contribution in [2.24, 2.45) is 0 Å². The molecule has 0 spiro atoms. The summed E-state index contributed by atoms with van der Waals surface area (Å²) in [7, 11) is 0. The highest BCUT2D eigenvalue weighted by molar-refractivity contribution is 5.69. The maximum Gasteiger partial charge on any atom is 0.308 e. The molecule has 0 saturated heterocycles. The molecule has 37 heavy (non-hydrogen) atoms. The quantitative estimate of drug-likeness (QED) is 0.0557. The van der Waals surface area contributed by atoms with Crippen molar-refractivity contribution >= 4 is 5.97 Å². The molecular weight excluding hydrogens is 456 g/mol. The Morgan fingerprint density at radius 2 is 0.730 bits per heavy atom. The molecule has 3 nitrogen and oxygen atoms in total. The van der Waals surface area contributed by atoms with Gasteiger partial charge in [0.15, 0.2) is 0 Å². The molecule has 0 aromatic carbocycles. The van der Waals surface area contributed by atoms with Gasteiger partial charge in [-0.1, -0.05) is 181 Å². The number of aliphatic hydroxyl groups excluding tert-OH is 1. The largest absolute Gasteiger partial charge is 0.436 e. The molecule has 0 heterocycles. The molecular formula is C34H68O3. The van der Waals surface area contributed by atoms with Gasteiger partial charge in [-0.3, -0.25) is 4.79 Å². The van der Waals surface area contributed by atoms with Gasteiger partial charge in [0.1, 0.15) is 0 Å². The first-order chi connectivity index (χ1) is 18.2. The van der Waals surface area contributed by atoms with Crippen molar-refractivity contribution < 1.29 is 14.6 Å². The molecule has 0 bridgehead atoms. The van der Waals surface area contributed by atoms with Crippen molar-refractivity contribution in [1.82, 2.24) is 0 Å². The van der Waals surface area contributed by atoms with Crippen molar-refractivity contribution in [2.75, 3.05) is 0 Å². The highest BCUT2D eigenvalue weighted by Gasteiger charge is 2.10. The zero-order valence-electron chi connectivity index (χ0n) is 25.6. The number of hydrogen-bond acceptors (Lipinski definition) is 3. The van der Waals surface area contributed by atoms with E-state index >= 15 is 0 Å². The van der Waals surface area contributed by atoms with E-state index in [0.717, 1.165) is 25.7 Å². The fraction of sp³-hybridized carbons (Fsp3) is 0.971. The molecule has 1 N–H and O–H groups in total. The van der Waals surface area contributed by atoms with Gasteiger partial charge < -0.3 is 9.84 Å². The molecule has 222 valence electrons. The van der Waals surface area contributed by atoms with E-state index in [4.69, 9.17) is 4.74 Å². The maximum atomic E-state index is 11.9. The third-order valence-corrected chi connectivity index (χ3v) is 7.81. The van der Waals surface area contributed by atoms with E-state index in [1.807, 2.05) is 0 Å². The van der Waals surface area contributed by atoms with Crippen LogP contribution in [0.2, 0.25) is 0 Å². The van der Waals surface area contributed by atoms with E-state index in [1.165, 1.54) is 154 Å². The van der Waals surface area contributed by atoms with E-state index < -0.39 is 6.29 Å². The fourth-order valence-corrected chi connectivity index (χ4v) is 5.25. The van der Waals surface area contributed by atoms with Gasteiger partial charge in [0.2, 0.25) is 6.29 Å². The monoisotopic (exact) mass is 525 g/mol. The van der Waals surface area contributed by atoms with Crippen molar-refractivity contribution in [1.29, 1.82) is 0 Å². The van der Waals surface area contributed by atoms with Crippen LogP contribution in [0.3, 0.4) is 0 Å². The molecule has 0 aromatic heterocycles. The Labute approximate surface area is 233 Å². The molecule has 1 unspecified atom stereocenters. The Balaban J connectivity index is 3.27. The summed E-state index contributed by atoms with van der Waals surface area (Å²) in [6, 6.07) is 0. The number of unbranched alkanes of at least 4 members (excludes halogenated alkanes) is 26. The molecule has 3 heteroatoms. The minimum absolute atomic E-state index is 0.225. The summed E-state index contributed by atoms with van der Waals surface area (Å²) in [5, 5.41) is 9.98. The van der Waals surface area contributed by atoms with Crippen LogP contribution >= 0.6 is 0 Å². The van der Waals surface area contributed by atoms with Crippen LogP contribution in [0.1, 0.15) is 206 Å². The Hall–Kier alpha value is -0.570. The molecule has 0 rings (SSSR count). The van der Waals surface area contributed by atoms with E-state index in [-0.39, 0.29) is 5.97 Å². The van der Waals surface area contributed by atoms with Crippen molar-refractivity contribution in [2.45, 2.75) is 213 Å². The lowest BCUT2D eigenvalue weighted by Gasteiger charge is -2.12. The summed E-state index contributed by atoms with van der Waals surface area (Å²) in [5.41, 5.74) is 0. The number of hydrogen-bond donors (Lipinski definition) is 1. The summed E-state index contributed by atoms with van der Waals surface area (Å²) >= 11 is 0. The molecule has 0 aliphatic heterocycles. The zero-order chi connectivity index (χ0) is 27.1. The minimum atomic E-state index is -0.906. The zero-order valence-corrected chi connectivity index (χ0v) is 25.6. The molecule has 0 saturated carbocycles. The Morgan fingerprint density at radius 1 is 0.459 bits per heavy atom. The van der Waals surface area contributed by atoms with Gasteiger partial charge in [-0.25, -0.2) is 0 Å². The highest BCUT2D eigenvalue weighted by atomic mass is 16.6. The summed E-state index contributed by atoms with van der Waals surface area (Å²) in [6.45, 7) is 4.55. The van der Waals surface area contributed by atoms with Crippen molar-refractivity contribution in [3.05, 3.63) is 0 Å². The first-order valence-corrected chi connectivity index (χ1v) is 17.1. The van der Waals surface area contributed by atoms with Gasteiger partial charge in [0.05, 0.1) is 0 Å². The van der Waals surface area contributed by atoms with E-state index in [1.54, 1.807) is 0 Å². The van der Waals surface area contributed by atoms with Gasteiger partial charge in [-0.2, -0.15) is 0 Å². The molecule has 0 radical (unpaired) electrons. The van der Waals surface area contributed by atoms with Crippen LogP contribution in [-0.2, 0) is 9.53 Å². The van der Waals surface area contributed by atoms with Crippen LogP contribution in [0.25, 0.3) is 0 Å². The normalized spacial score (nSPS) is 12.2. The number of carbonyl (C=O) groups excluding carboxylic acids is 1. The number of ether oxygens (including phenoxy) is 1. The molecule has 0 amide bonds. The van der Waals surface area contributed by atoms with Crippen LogP contribution in [0.5, 0.6) is 0 Å². The van der Waals surface area contributed by atoms with E-state index in [2.05, 4.69) is 13.8 Å². The summed E-state index contributed by atoms with van der Waals surface area (Å²) < 4.78 is 5.19. The van der Waals surface area contributed by atoms with Crippen LogP contribution < -0.4 is 0 Å². The van der Waals surface area contributed by atoms with Crippen LogP contribution in [-0.4, -0.2) is 17.4 Å². The topological polar surface area (TPSA) is 46.5 Å². The number of aliphatic hydroxyl groups is 1. The lowest BCUT2D eigenvalue weighted by molar-refractivity contribution is -0.168. The maximum absolute atomic E-state index is 11.9. The number of esters is 1. The second-order valence-electron chi connectivity index (χ2n) is 11.7. The second-order valence-corrected chi connectivity index (χ2v) is 11.7. The first-order valence-electron chi connectivity index (χ1n) is 17.1. The predicted octanol–water partition coefficient (Wildman–Crippen LogP) is 11.6. The number of rotatable bonds is 31. The average molecular weight is 525 g/mol. The fourth-order valence-electron chi connectivity index (χ4n) is 5.25. The van der Waals surface area contributed by atoms with Crippen LogP contribution in [0.4, 0.5) is 0 Å². The SMILES string of the molecule is CCCCCCCCCCCCCCCCCC(=O)OC(O)CCCCCCCCCCCCCCC. The summed E-state index contributed by atoms with van der Waals surface area (Å²) in [6.07, 6.45) is 37.1. The molecule has 0 aliphatic rings. The second kappa shape index (κ2) is 31.6. The third kappa shape index (κ3) is 31.5. The molecule has 1 atom stereocenters. The first kappa shape index (κ1) is 36.4. The van der Waals surface area contributed by atoms with Crippen molar-refractivity contribution in [3.63, 3.8) is 0 Å². The lowest BCUT2D eigenvalue weighted by Crippen LogP contribution is -2.17. The number of carbonyl (C=O) groups is 1. The Kier molecular flexibility index (Phi) is 31.2. The third-order valence-electron chi connectivity index (χ3n) is 7.81. The molecule has 0 aliphatic carbocycles. The van der Waals surface area contributed by atoms with Gasteiger partial charge in [0, 0.05) is 12.8 Å². The Bertz CT molecular complexity index is 437. The standard InChI is InChI=1S/C34H68O3/c1-3-5-7-9-11-13-15-17-18-20-22-24-26-28-30-32-34(36)37-33(35)31-29-27-25-23-21-19-16-14-12-10-8-6-4-2/h33,35H,3-32H2,1-2H3. The predicted molar refractivity (Wildman–Crippen MR) is 162 cm³/mol.